The molecule has 0 aliphatic carbocycles. The molecule has 1 fully saturated rings. The summed E-state index contributed by atoms with van der Waals surface area (Å²) in [4.78, 5) is 29.1. The Labute approximate surface area is 100 Å². The van der Waals surface area contributed by atoms with Crippen LogP contribution in [-0.2, 0) is 9.57 Å². The highest BCUT2D eigenvalue weighted by atomic mass is 16.7. The molecule has 0 saturated carbocycles. The van der Waals surface area contributed by atoms with Gasteiger partial charge in [-0.3, -0.25) is 19.2 Å². The SMILES string of the molecule is NOC1C(O)[C@H](CO)O[C@@H]1n1ccc(=O)[nH]c1=O. The van der Waals surface area contributed by atoms with E-state index >= 15 is 0 Å². The molecule has 9 nitrogen and oxygen atoms in total. The van der Waals surface area contributed by atoms with Crippen molar-refractivity contribution in [2.75, 3.05) is 6.61 Å². The summed E-state index contributed by atoms with van der Waals surface area (Å²) in [5.74, 6) is 5.04. The van der Waals surface area contributed by atoms with Gasteiger partial charge in [0.2, 0.25) is 0 Å². The second kappa shape index (κ2) is 5.00. The van der Waals surface area contributed by atoms with Gasteiger partial charge in [0.15, 0.2) is 12.3 Å². The third-order valence-corrected chi connectivity index (χ3v) is 2.78. The third kappa shape index (κ3) is 2.09. The maximum Gasteiger partial charge on any atom is 0.330 e. The normalized spacial score (nSPS) is 31.7. The summed E-state index contributed by atoms with van der Waals surface area (Å²) in [6.07, 6.45) is -2.94. The zero-order chi connectivity index (χ0) is 13.3. The van der Waals surface area contributed by atoms with Crippen molar-refractivity contribution in [1.29, 1.82) is 0 Å². The van der Waals surface area contributed by atoms with Gasteiger partial charge in [0.25, 0.3) is 5.56 Å². The molecule has 1 aromatic heterocycles. The lowest BCUT2D eigenvalue weighted by molar-refractivity contribution is -0.0756. The van der Waals surface area contributed by atoms with E-state index in [0.717, 1.165) is 10.6 Å². The zero-order valence-electron chi connectivity index (χ0n) is 9.22. The predicted octanol–water partition coefficient (Wildman–Crippen LogP) is -2.95. The number of hydrogen-bond acceptors (Lipinski definition) is 7. The first-order valence-corrected chi connectivity index (χ1v) is 5.20. The maximum atomic E-state index is 11.6. The fourth-order valence-corrected chi connectivity index (χ4v) is 1.87. The van der Waals surface area contributed by atoms with E-state index in [-0.39, 0.29) is 0 Å². The molecule has 0 amide bonds. The van der Waals surface area contributed by atoms with E-state index in [1.165, 1.54) is 6.20 Å². The largest absolute Gasteiger partial charge is 0.394 e. The minimum atomic E-state index is -1.18. The fraction of sp³-hybridized carbons (Fsp3) is 0.556. The van der Waals surface area contributed by atoms with Gasteiger partial charge in [-0.05, 0) is 0 Å². The average Bonchev–Trinajstić information content (AvgIpc) is 2.65. The number of aromatic nitrogens is 2. The molecule has 1 aromatic rings. The number of hydrogen-bond donors (Lipinski definition) is 4. The van der Waals surface area contributed by atoms with E-state index in [2.05, 4.69) is 4.84 Å². The first-order valence-electron chi connectivity index (χ1n) is 5.20. The summed E-state index contributed by atoms with van der Waals surface area (Å²) in [5, 5.41) is 18.7. The Morgan fingerprint density at radius 1 is 1.56 bits per heavy atom. The summed E-state index contributed by atoms with van der Waals surface area (Å²) in [6, 6.07) is 1.12. The Kier molecular flexibility index (Phi) is 3.59. The Bertz CT molecular complexity index is 526. The molecule has 1 aliphatic heterocycles. The van der Waals surface area contributed by atoms with Gasteiger partial charge < -0.3 is 14.9 Å². The van der Waals surface area contributed by atoms with Crippen LogP contribution in [0.1, 0.15) is 6.23 Å². The summed E-state index contributed by atoms with van der Waals surface area (Å²) in [6.45, 7) is -0.449. The molecule has 1 aliphatic rings. The van der Waals surface area contributed by atoms with E-state index in [1.807, 2.05) is 4.98 Å². The lowest BCUT2D eigenvalue weighted by atomic mass is 10.1. The van der Waals surface area contributed by atoms with Crippen molar-refractivity contribution >= 4 is 0 Å². The number of rotatable bonds is 3. The average molecular weight is 259 g/mol. The smallest absolute Gasteiger partial charge is 0.330 e. The highest BCUT2D eigenvalue weighted by Gasteiger charge is 2.45. The van der Waals surface area contributed by atoms with Gasteiger partial charge in [0, 0.05) is 12.3 Å². The van der Waals surface area contributed by atoms with Gasteiger partial charge in [0.05, 0.1) is 6.61 Å². The Morgan fingerprint density at radius 2 is 2.28 bits per heavy atom. The molecule has 2 unspecified atom stereocenters. The molecule has 5 N–H and O–H groups in total. The number of aromatic amines is 1. The summed E-state index contributed by atoms with van der Waals surface area (Å²) < 4.78 is 6.29. The monoisotopic (exact) mass is 259 g/mol. The number of H-pyrrole nitrogens is 1. The van der Waals surface area contributed by atoms with Crippen LogP contribution in [-0.4, -0.2) is 44.7 Å². The Balaban J connectivity index is 2.38. The van der Waals surface area contributed by atoms with Crippen molar-refractivity contribution < 1.29 is 19.8 Å². The molecule has 1 saturated heterocycles. The second-order valence-electron chi connectivity index (χ2n) is 3.86. The highest BCUT2D eigenvalue weighted by Crippen LogP contribution is 2.29. The highest BCUT2D eigenvalue weighted by molar-refractivity contribution is 4.93. The third-order valence-electron chi connectivity index (χ3n) is 2.78. The number of nitrogens with one attached hydrogen (secondary N) is 1. The topological polar surface area (TPSA) is 140 Å². The lowest BCUT2D eigenvalue weighted by Crippen LogP contribution is -2.40. The summed E-state index contributed by atoms with van der Waals surface area (Å²) >= 11 is 0. The molecule has 2 heterocycles. The second-order valence-corrected chi connectivity index (χ2v) is 3.86. The van der Waals surface area contributed by atoms with Crippen molar-refractivity contribution in [3.63, 3.8) is 0 Å². The van der Waals surface area contributed by atoms with Crippen molar-refractivity contribution in [1.82, 2.24) is 9.55 Å². The molecule has 18 heavy (non-hydrogen) atoms. The van der Waals surface area contributed by atoms with Gasteiger partial charge in [0.1, 0.15) is 12.2 Å². The van der Waals surface area contributed by atoms with Gasteiger partial charge >= 0.3 is 5.69 Å². The molecule has 100 valence electrons. The number of aliphatic hydroxyl groups is 2. The number of nitrogens with two attached hydrogens (primary N) is 1. The zero-order valence-corrected chi connectivity index (χ0v) is 9.22. The molecular weight excluding hydrogens is 246 g/mol. The van der Waals surface area contributed by atoms with Crippen molar-refractivity contribution in [2.45, 2.75) is 24.5 Å². The van der Waals surface area contributed by atoms with Crippen LogP contribution in [0, 0.1) is 0 Å². The van der Waals surface area contributed by atoms with E-state index in [1.54, 1.807) is 0 Å². The van der Waals surface area contributed by atoms with Crippen LogP contribution in [0.2, 0.25) is 0 Å². The van der Waals surface area contributed by atoms with Crippen LogP contribution < -0.4 is 17.1 Å². The predicted molar refractivity (Wildman–Crippen MR) is 57.4 cm³/mol. The number of nitrogens with zero attached hydrogens (tertiary/aromatic N) is 1. The number of ether oxygens (including phenoxy) is 1. The van der Waals surface area contributed by atoms with Crippen LogP contribution in [0.3, 0.4) is 0 Å². The first-order chi connectivity index (χ1) is 8.58. The standard InChI is InChI=1S/C9H13N3O6/c10-18-7-6(15)4(3-13)17-8(7)12-2-1-5(14)11-9(12)16/h1-2,4,6-8,13,15H,3,10H2,(H,11,14,16)/t4-,6?,7?,8-/m0/s1. The molecule has 9 heteroatoms. The summed E-state index contributed by atoms with van der Waals surface area (Å²) in [7, 11) is 0. The van der Waals surface area contributed by atoms with Gasteiger partial charge in [-0.2, -0.15) is 0 Å². The van der Waals surface area contributed by atoms with Crippen LogP contribution in [0.4, 0.5) is 0 Å². The van der Waals surface area contributed by atoms with Crippen molar-refractivity contribution in [2.24, 2.45) is 5.90 Å². The van der Waals surface area contributed by atoms with Crippen molar-refractivity contribution in [3.8, 4) is 0 Å². The first kappa shape index (κ1) is 12.9. The molecule has 0 radical (unpaired) electrons. The van der Waals surface area contributed by atoms with Gasteiger partial charge in [-0.15, -0.1) is 0 Å². The number of aliphatic hydroxyl groups excluding tert-OH is 2. The maximum absolute atomic E-state index is 11.6. The fourth-order valence-electron chi connectivity index (χ4n) is 1.87. The van der Waals surface area contributed by atoms with Crippen LogP contribution in [0.25, 0.3) is 0 Å². The van der Waals surface area contributed by atoms with Crippen LogP contribution >= 0.6 is 0 Å². The lowest BCUT2D eigenvalue weighted by Gasteiger charge is -2.19. The van der Waals surface area contributed by atoms with E-state index < -0.39 is 42.4 Å². The van der Waals surface area contributed by atoms with Gasteiger partial charge in [-0.25, -0.2) is 10.7 Å². The van der Waals surface area contributed by atoms with E-state index in [4.69, 9.17) is 15.7 Å². The minimum absolute atomic E-state index is 0.449. The van der Waals surface area contributed by atoms with E-state index in [9.17, 15) is 14.7 Å². The summed E-state index contributed by atoms with van der Waals surface area (Å²) in [5.41, 5.74) is -1.28. The molecule has 0 aromatic carbocycles. The molecule has 0 bridgehead atoms. The van der Waals surface area contributed by atoms with E-state index in [0.29, 0.717) is 0 Å². The molecular formula is C9H13N3O6. The van der Waals surface area contributed by atoms with Crippen LogP contribution in [0.15, 0.2) is 21.9 Å². The van der Waals surface area contributed by atoms with Gasteiger partial charge in [-0.1, -0.05) is 0 Å². The Morgan fingerprint density at radius 3 is 2.83 bits per heavy atom. The molecule has 4 atom stereocenters. The minimum Gasteiger partial charge on any atom is -0.394 e. The Hall–Kier alpha value is -1.52. The molecule has 0 spiro atoms. The molecule has 2 rings (SSSR count). The van der Waals surface area contributed by atoms with Crippen LogP contribution in [0.5, 0.6) is 0 Å². The quantitative estimate of drug-likeness (QED) is 0.425. The van der Waals surface area contributed by atoms with Crippen molar-refractivity contribution in [3.05, 3.63) is 33.1 Å².